The lowest BCUT2D eigenvalue weighted by Gasteiger charge is -2.21. The summed E-state index contributed by atoms with van der Waals surface area (Å²) in [6.07, 6.45) is 3.01. The van der Waals surface area contributed by atoms with Crippen LogP contribution in [-0.2, 0) is 22.7 Å². The minimum Gasteiger partial charge on any atom is -0.487 e. The molecule has 1 fully saturated rings. The first-order chi connectivity index (χ1) is 14.7. The van der Waals surface area contributed by atoms with E-state index in [4.69, 9.17) is 13.9 Å². The topological polar surface area (TPSA) is 73.6 Å². The van der Waals surface area contributed by atoms with Crippen molar-refractivity contribution in [2.45, 2.75) is 45.4 Å². The molecule has 1 aliphatic rings. The highest BCUT2D eigenvalue weighted by atomic mass is 16.5. The normalized spacial score (nSPS) is 16.2. The number of nitrogens with one attached hydrogen (secondary N) is 1. The van der Waals surface area contributed by atoms with Crippen LogP contribution in [0, 0.1) is 6.92 Å². The summed E-state index contributed by atoms with van der Waals surface area (Å²) in [5.74, 6) is 1.83. The van der Waals surface area contributed by atoms with Crippen LogP contribution in [-0.4, -0.2) is 23.5 Å². The molecule has 4 rings (SSSR count). The smallest absolute Gasteiger partial charge is 0.323 e. The number of rotatable bonds is 7. The van der Waals surface area contributed by atoms with Crippen molar-refractivity contribution in [1.29, 1.82) is 0 Å². The molecule has 0 radical (unpaired) electrons. The molecule has 3 aromatic rings. The van der Waals surface area contributed by atoms with Crippen LogP contribution in [0.2, 0.25) is 0 Å². The second-order valence-electron chi connectivity index (χ2n) is 7.43. The summed E-state index contributed by atoms with van der Waals surface area (Å²) in [5.41, 5.74) is 2.58. The zero-order chi connectivity index (χ0) is 20.8. The first-order valence-electron chi connectivity index (χ1n) is 10.3. The van der Waals surface area contributed by atoms with E-state index in [2.05, 4.69) is 10.3 Å². The first-order valence-corrected chi connectivity index (χ1v) is 10.3. The standard InChI is InChI=1S/C24H26N2O4/c1-17-22(26-23(30-17)19-9-3-2-4-10-19)16-28-20-11-7-8-18(14-20)15-29-24(27)21-12-5-6-13-25-21/h2-4,7-11,14,21,25H,5-6,12-13,15-16H2,1H3. The fourth-order valence-electron chi connectivity index (χ4n) is 3.45. The Kier molecular flexibility index (Phi) is 6.44. The van der Waals surface area contributed by atoms with Crippen molar-refractivity contribution in [1.82, 2.24) is 10.3 Å². The highest BCUT2D eigenvalue weighted by molar-refractivity contribution is 5.75. The Labute approximate surface area is 176 Å². The third-order valence-corrected chi connectivity index (χ3v) is 5.16. The van der Waals surface area contributed by atoms with Crippen molar-refractivity contribution < 1.29 is 18.7 Å². The number of piperidine rings is 1. The first kappa shape index (κ1) is 20.2. The summed E-state index contributed by atoms with van der Waals surface area (Å²) in [7, 11) is 0. The molecule has 6 nitrogen and oxygen atoms in total. The van der Waals surface area contributed by atoms with Crippen LogP contribution >= 0.6 is 0 Å². The third kappa shape index (κ3) is 5.07. The minimum atomic E-state index is -0.188. The van der Waals surface area contributed by atoms with E-state index < -0.39 is 0 Å². The third-order valence-electron chi connectivity index (χ3n) is 5.16. The molecular weight excluding hydrogens is 380 g/mol. The van der Waals surface area contributed by atoms with Gasteiger partial charge in [-0.3, -0.25) is 4.79 Å². The Morgan fingerprint density at radius 3 is 2.80 bits per heavy atom. The van der Waals surface area contributed by atoms with E-state index in [1.807, 2.05) is 61.5 Å². The van der Waals surface area contributed by atoms with Gasteiger partial charge in [0.1, 0.15) is 36.5 Å². The number of esters is 1. The van der Waals surface area contributed by atoms with Crippen LogP contribution in [0.5, 0.6) is 5.75 Å². The quantitative estimate of drug-likeness (QED) is 0.586. The van der Waals surface area contributed by atoms with Crippen LogP contribution in [0.1, 0.15) is 36.3 Å². The number of ether oxygens (including phenoxy) is 2. The molecule has 156 valence electrons. The number of aromatic nitrogens is 1. The second-order valence-corrected chi connectivity index (χ2v) is 7.43. The predicted molar refractivity (Wildman–Crippen MR) is 113 cm³/mol. The number of carbonyl (C=O) groups excluding carboxylic acids is 1. The Balaban J connectivity index is 1.33. The van der Waals surface area contributed by atoms with Crippen molar-refractivity contribution in [2.24, 2.45) is 0 Å². The number of hydrogen-bond acceptors (Lipinski definition) is 6. The van der Waals surface area contributed by atoms with Crippen LogP contribution in [0.3, 0.4) is 0 Å². The summed E-state index contributed by atoms with van der Waals surface area (Å²) >= 11 is 0. The summed E-state index contributed by atoms with van der Waals surface area (Å²) < 4.78 is 17.2. The zero-order valence-electron chi connectivity index (χ0n) is 17.1. The monoisotopic (exact) mass is 406 g/mol. The molecule has 2 heterocycles. The largest absolute Gasteiger partial charge is 0.487 e. The lowest BCUT2D eigenvalue weighted by Crippen LogP contribution is -2.41. The number of aryl methyl sites for hydroxylation is 1. The summed E-state index contributed by atoms with van der Waals surface area (Å²) in [6.45, 7) is 3.29. The van der Waals surface area contributed by atoms with Gasteiger partial charge in [0.15, 0.2) is 0 Å². The van der Waals surface area contributed by atoms with Gasteiger partial charge in [0.25, 0.3) is 0 Å². The van der Waals surface area contributed by atoms with Crippen LogP contribution in [0.25, 0.3) is 11.5 Å². The molecule has 0 saturated carbocycles. The van der Waals surface area contributed by atoms with E-state index in [1.165, 1.54) is 0 Å². The van der Waals surface area contributed by atoms with Crippen LogP contribution < -0.4 is 10.1 Å². The van der Waals surface area contributed by atoms with Crippen molar-refractivity contribution in [3.63, 3.8) is 0 Å². The van der Waals surface area contributed by atoms with Gasteiger partial charge in [0.05, 0.1) is 0 Å². The number of benzene rings is 2. The second kappa shape index (κ2) is 9.59. The van der Waals surface area contributed by atoms with Gasteiger partial charge in [0.2, 0.25) is 5.89 Å². The van der Waals surface area contributed by atoms with Crippen LogP contribution in [0.4, 0.5) is 0 Å². The summed E-state index contributed by atoms with van der Waals surface area (Å²) in [4.78, 5) is 16.8. The lowest BCUT2D eigenvalue weighted by atomic mass is 10.1. The van der Waals surface area contributed by atoms with Gasteiger partial charge in [0, 0.05) is 5.56 Å². The van der Waals surface area contributed by atoms with Gasteiger partial charge in [-0.2, -0.15) is 0 Å². The van der Waals surface area contributed by atoms with Gasteiger partial charge in [-0.15, -0.1) is 0 Å². The Morgan fingerprint density at radius 1 is 1.13 bits per heavy atom. The molecule has 1 aromatic heterocycles. The van der Waals surface area contributed by atoms with E-state index in [9.17, 15) is 4.79 Å². The van der Waals surface area contributed by atoms with Crippen molar-refractivity contribution in [3.05, 3.63) is 71.6 Å². The van der Waals surface area contributed by atoms with Crippen molar-refractivity contribution in [2.75, 3.05) is 6.54 Å². The van der Waals surface area contributed by atoms with Gasteiger partial charge in [-0.25, -0.2) is 4.98 Å². The van der Waals surface area contributed by atoms with Crippen molar-refractivity contribution in [3.8, 4) is 17.2 Å². The molecule has 1 N–H and O–H groups in total. The molecular formula is C24H26N2O4. The van der Waals surface area contributed by atoms with Gasteiger partial charge >= 0.3 is 5.97 Å². The van der Waals surface area contributed by atoms with Crippen molar-refractivity contribution >= 4 is 5.97 Å². The fraction of sp³-hybridized carbons (Fsp3) is 0.333. The molecule has 0 amide bonds. The fourth-order valence-corrected chi connectivity index (χ4v) is 3.45. The predicted octanol–water partition coefficient (Wildman–Crippen LogP) is 4.41. The Hall–Kier alpha value is -3.12. The van der Waals surface area contributed by atoms with E-state index in [-0.39, 0.29) is 18.6 Å². The van der Waals surface area contributed by atoms with Gasteiger partial charge in [-0.05, 0) is 56.1 Å². The number of oxazole rings is 1. The molecule has 1 unspecified atom stereocenters. The average Bonchev–Trinajstić information content (AvgIpc) is 3.18. The molecule has 1 atom stereocenters. The molecule has 2 aromatic carbocycles. The summed E-state index contributed by atoms with van der Waals surface area (Å²) in [6, 6.07) is 17.2. The highest BCUT2D eigenvalue weighted by Crippen LogP contribution is 2.23. The maximum atomic E-state index is 12.2. The Bertz CT molecular complexity index is 978. The minimum absolute atomic E-state index is 0.187. The molecule has 0 aliphatic carbocycles. The van der Waals surface area contributed by atoms with Crippen LogP contribution in [0.15, 0.2) is 59.0 Å². The van der Waals surface area contributed by atoms with E-state index in [1.54, 1.807) is 0 Å². The number of hydrogen-bond donors (Lipinski definition) is 1. The molecule has 1 saturated heterocycles. The maximum absolute atomic E-state index is 12.2. The SMILES string of the molecule is Cc1oc(-c2ccccc2)nc1COc1cccc(COC(=O)C2CCCCN2)c1. The lowest BCUT2D eigenvalue weighted by molar-refractivity contribution is -0.148. The average molecular weight is 406 g/mol. The van der Waals surface area contributed by atoms with E-state index in [0.29, 0.717) is 18.2 Å². The molecule has 0 bridgehead atoms. The molecule has 30 heavy (non-hydrogen) atoms. The molecule has 6 heteroatoms. The van der Waals surface area contributed by atoms with Gasteiger partial charge < -0.3 is 19.2 Å². The van der Waals surface area contributed by atoms with E-state index >= 15 is 0 Å². The van der Waals surface area contributed by atoms with Gasteiger partial charge in [-0.1, -0.05) is 36.8 Å². The number of nitrogens with zero attached hydrogens (tertiary/aromatic N) is 1. The summed E-state index contributed by atoms with van der Waals surface area (Å²) in [5, 5.41) is 3.21. The molecule has 1 aliphatic heterocycles. The molecule has 0 spiro atoms. The number of carbonyl (C=O) groups is 1. The highest BCUT2D eigenvalue weighted by Gasteiger charge is 2.21. The zero-order valence-corrected chi connectivity index (χ0v) is 17.1. The maximum Gasteiger partial charge on any atom is 0.323 e. The van der Waals surface area contributed by atoms with E-state index in [0.717, 1.165) is 48.4 Å². The Morgan fingerprint density at radius 2 is 2.00 bits per heavy atom.